The van der Waals surface area contributed by atoms with E-state index in [4.69, 9.17) is 9.47 Å². The number of anilines is 2. The van der Waals surface area contributed by atoms with E-state index in [1.54, 1.807) is 18.5 Å². The van der Waals surface area contributed by atoms with Gasteiger partial charge in [-0.05, 0) is 88.4 Å². The summed E-state index contributed by atoms with van der Waals surface area (Å²) in [4.78, 5) is 96.1. The predicted octanol–water partition coefficient (Wildman–Crippen LogP) is 1.45. The third-order valence-corrected chi connectivity index (χ3v) is 12.0. The first-order valence-corrected chi connectivity index (χ1v) is 21.5. The number of imide groups is 2. The molecule has 0 bridgehead atoms. The van der Waals surface area contributed by atoms with Gasteiger partial charge in [0.1, 0.15) is 23.6 Å². The maximum Gasteiger partial charge on any atom is 0.270 e. The van der Waals surface area contributed by atoms with Gasteiger partial charge in [0, 0.05) is 49.5 Å². The fraction of sp³-hybridized carbons (Fsp3) is 0.488. The highest BCUT2D eigenvalue weighted by molar-refractivity contribution is 6.23. The molecule has 1 unspecified atom stereocenters. The molecule has 63 heavy (non-hydrogen) atoms. The quantitative estimate of drug-likeness (QED) is 0.0662. The van der Waals surface area contributed by atoms with Gasteiger partial charge in [0.25, 0.3) is 17.7 Å². The molecule has 3 aromatic heterocycles. The van der Waals surface area contributed by atoms with E-state index in [1.165, 1.54) is 12.1 Å². The second-order valence-corrected chi connectivity index (χ2v) is 16.3. The lowest BCUT2D eigenvalue weighted by molar-refractivity contribution is -0.136. The number of likely N-dealkylation sites (tertiary alicyclic amines) is 1. The Morgan fingerprint density at radius 3 is 2.48 bits per heavy atom. The Balaban J connectivity index is 0.650. The number of imidazole rings is 1. The maximum atomic E-state index is 13.0. The van der Waals surface area contributed by atoms with Crippen molar-refractivity contribution in [3.63, 3.8) is 0 Å². The van der Waals surface area contributed by atoms with Gasteiger partial charge in [0.2, 0.25) is 17.7 Å². The lowest BCUT2D eigenvalue weighted by atomic mass is 9.86. The Kier molecular flexibility index (Phi) is 13.6. The van der Waals surface area contributed by atoms with Crippen molar-refractivity contribution >= 4 is 58.1 Å². The molecular weight excluding hydrogens is 813 g/mol. The highest BCUT2D eigenvalue weighted by Crippen LogP contribution is 2.35. The normalized spacial score (nSPS) is 20.3. The number of aromatic nitrogens is 5. The number of piperidine rings is 2. The number of carbonyl (C=O) groups excluding carboxylic acids is 6. The standard InChI is InChI=1S/C43H52N12O8/c1-26-3-2-4-33(50-26)40(58)51-29-19-30(20-29)54-25-49-37-38(47-24-48-39(37)54)46-22-27-9-12-53(13-10-27)14-16-63-18-17-62-15-11-44-36(57)23-45-28-5-6-31-32(21-28)43(61)55(42(31)60)34-7-8-35(56)52-41(34)59/h2-6,21,24-25,27,29-30,34,45H,7-20,22-23H2,1H3,(H,44,57)(H,51,58)(H,46,47,48)(H,52,56,59). The molecule has 1 saturated carbocycles. The van der Waals surface area contributed by atoms with Gasteiger partial charge in [0.15, 0.2) is 11.5 Å². The van der Waals surface area contributed by atoms with Crippen molar-refractivity contribution in [1.29, 1.82) is 0 Å². The van der Waals surface area contributed by atoms with Gasteiger partial charge in [-0.25, -0.2) is 19.9 Å². The number of ether oxygens (including phenoxy) is 2. The number of benzene rings is 1. The van der Waals surface area contributed by atoms with Crippen molar-refractivity contribution in [3.05, 3.63) is 71.6 Å². The summed E-state index contributed by atoms with van der Waals surface area (Å²) in [7, 11) is 0. The van der Waals surface area contributed by atoms with Crippen LogP contribution in [-0.2, 0) is 23.9 Å². The van der Waals surface area contributed by atoms with Crippen LogP contribution in [0.5, 0.6) is 0 Å². The molecule has 6 amide bonds. The van der Waals surface area contributed by atoms with Crippen molar-refractivity contribution < 1.29 is 38.2 Å². The minimum Gasteiger partial charge on any atom is -0.378 e. The molecular formula is C43H52N12O8. The molecule has 0 spiro atoms. The van der Waals surface area contributed by atoms with Gasteiger partial charge < -0.3 is 40.2 Å². The van der Waals surface area contributed by atoms with Crippen LogP contribution in [0.1, 0.15) is 81.5 Å². The number of fused-ring (bicyclic) bond motifs is 2. The molecule has 6 heterocycles. The number of amides is 6. The predicted molar refractivity (Wildman–Crippen MR) is 228 cm³/mol. The number of hydrogen-bond acceptors (Lipinski definition) is 15. The number of carbonyl (C=O) groups is 6. The first-order chi connectivity index (χ1) is 30.6. The van der Waals surface area contributed by atoms with Crippen LogP contribution in [0, 0.1) is 12.8 Å². The Labute approximate surface area is 363 Å². The topological polar surface area (TPSA) is 244 Å². The van der Waals surface area contributed by atoms with Crippen LogP contribution in [0.4, 0.5) is 11.5 Å². The second kappa shape index (κ2) is 19.8. The van der Waals surface area contributed by atoms with Crippen LogP contribution < -0.4 is 26.6 Å². The van der Waals surface area contributed by atoms with E-state index < -0.39 is 29.7 Å². The molecule has 5 N–H and O–H groups in total. The summed E-state index contributed by atoms with van der Waals surface area (Å²) in [6, 6.07) is 9.24. The van der Waals surface area contributed by atoms with Gasteiger partial charge >= 0.3 is 0 Å². The van der Waals surface area contributed by atoms with E-state index in [1.807, 2.05) is 25.4 Å². The third kappa shape index (κ3) is 10.3. The summed E-state index contributed by atoms with van der Waals surface area (Å²) in [5.41, 5.74) is 3.56. The molecule has 2 saturated heterocycles. The molecule has 3 fully saturated rings. The summed E-state index contributed by atoms with van der Waals surface area (Å²) >= 11 is 0. The average molecular weight is 865 g/mol. The van der Waals surface area contributed by atoms with E-state index in [0.717, 1.165) is 79.4 Å². The zero-order chi connectivity index (χ0) is 43.9. The average Bonchev–Trinajstić information content (AvgIpc) is 3.80. The molecule has 8 rings (SSSR count). The highest BCUT2D eigenvalue weighted by atomic mass is 16.5. The smallest absolute Gasteiger partial charge is 0.270 e. The molecule has 332 valence electrons. The fourth-order valence-corrected chi connectivity index (χ4v) is 8.37. The van der Waals surface area contributed by atoms with Crippen LogP contribution in [0.25, 0.3) is 11.2 Å². The zero-order valence-electron chi connectivity index (χ0n) is 35.1. The van der Waals surface area contributed by atoms with Crippen LogP contribution in [0.15, 0.2) is 49.1 Å². The van der Waals surface area contributed by atoms with E-state index >= 15 is 0 Å². The van der Waals surface area contributed by atoms with Gasteiger partial charge in [-0.1, -0.05) is 6.07 Å². The summed E-state index contributed by atoms with van der Waals surface area (Å²) in [5, 5.41) is 14.5. The van der Waals surface area contributed by atoms with Crippen molar-refractivity contribution in [1.82, 2.24) is 50.3 Å². The van der Waals surface area contributed by atoms with Gasteiger partial charge in [0.05, 0.1) is 50.4 Å². The number of nitrogens with one attached hydrogen (secondary N) is 5. The number of rotatable bonds is 19. The second-order valence-electron chi connectivity index (χ2n) is 16.3. The summed E-state index contributed by atoms with van der Waals surface area (Å²) in [6.07, 6.45) is 7.24. The van der Waals surface area contributed by atoms with E-state index in [9.17, 15) is 28.8 Å². The first-order valence-electron chi connectivity index (χ1n) is 21.5. The zero-order valence-corrected chi connectivity index (χ0v) is 35.1. The first kappa shape index (κ1) is 43.3. The SMILES string of the molecule is Cc1cccc(C(=O)NC2CC(n3cnc4c(NCC5CCN(CCOCCOCCNC(=O)CNc6ccc7c(c6)C(=O)N(C6CCC(=O)NC6=O)C7=O)CC5)ncnc43)C2)n1. The number of pyridine rings is 1. The largest absolute Gasteiger partial charge is 0.378 e. The van der Waals surface area contributed by atoms with E-state index in [-0.39, 0.29) is 54.4 Å². The molecule has 20 nitrogen and oxygen atoms in total. The summed E-state index contributed by atoms with van der Waals surface area (Å²) in [5.74, 6) is -1.49. The Bertz CT molecular complexity index is 2360. The van der Waals surface area contributed by atoms with Crippen LogP contribution in [-0.4, -0.2) is 148 Å². The molecule has 4 aliphatic rings. The highest BCUT2D eigenvalue weighted by Gasteiger charge is 2.44. The van der Waals surface area contributed by atoms with Gasteiger partial charge in [-0.2, -0.15) is 0 Å². The van der Waals surface area contributed by atoms with E-state index in [2.05, 4.69) is 56.0 Å². The van der Waals surface area contributed by atoms with Crippen molar-refractivity contribution in [3.8, 4) is 0 Å². The number of nitrogens with zero attached hydrogens (tertiary/aromatic N) is 7. The Morgan fingerprint density at radius 1 is 0.889 bits per heavy atom. The fourth-order valence-electron chi connectivity index (χ4n) is 8.37. The molecule has 1 atom stereocenters. The van der Waals surface area contributed by atoms with Crippen molar-refractivity contribution in [2.75, 3.05) is 76.3 Å². The van der Waals surface area contributed by atoms with Crippen molar-refractivity contribution in [2.24, 2.45) is 5.92 Å². The van der Waals surface area contributed by atoms with Gasteiger partial charge in [-0.15, -0.1) is 0 Å². The van der Waals surface area contributed by atoms with E-state index in [0.29, 0.717) is 50.3 Å². The number of aryl methyl sites for hydroxylation is 1. The Hall–Kier alpha value is -6.38. The number of hydrogen-bond donors (Lipinski definition) is 5. The molecule has 1 aromatic carbocycles. The monoisotopic (exact) mass is 864 g/mol. The Morgan fingerprint density at radius 2 is 1.68 bits per heavy atom. The molecule has 1 aliphatic carbocycles. The minimum absolute atomic E-state index is 0.0424. The lowest BCUT2D eigenvalue weighted by Crippen LogP contribution is -2.54. The minimum atomic E-state index is -1.04. The van der Waals surface area contributed by atoms with Crippen LogP contribution >= 0.6 is 0 Å². The molecule has 20 heteroatoms. The van der Waals surface area contributed by atoms with Gasteiger partial charge in [-0.3, -0.25) is 39.0 Å². The van der Waals surface area contributed by atoms with Crippen LogP contribution in [0.3, 0.4) is 0 Å². The van der Waals surface area contributed by atoms with Crippen LogP contribution in [0.2, 0.25) is 0 Å². The molecule has 0 radical (unpaired) electrons. The summed E-state index contributed by atoms with van der Waals surface area (Å²) < 4.78 is 13.5. The molecule has 4 aromatic rings. The maximum absolute atomic E-state index is 13.0. The molecule has 3 aliphatic heterocycles. The lowest BCUT2D eigenvalue weighted by Gasteiger charge is -2.36. The third-order valence-electron chi connectivity index (χ3n) is 12.0. The van der Waals surface area contributed by atoms with Crippen molar-refractivity contribution in [2.45, 2.75) is 63.6 Å². The summed E-state index contributed by atoms with van der Waals surface area (Å²) in [6.45, 7) is 7.51.